The maximum absolute atomic E-state index is 12.4. The van der Waals surface area contributed by atoms with Gasteiger partial charge in [-0.15, -0.1) is 0 Å². The molecule has 0 aliphatic rings. The van der Waals surface area contributed by atoms with Crippen molar-refractivity contribution in [1.82, 2.24) is 13.9 Å². The van der Waals surface area contributed by atoms with E-state index in [9.17, 15) is 18.0 Å². The SMILES string of the molecule is CCn1c(COC(=O)CCC(=O)c2ccc(C)cc2)nc2cc(S(=O)(=O)N(C)C)ccc21. The van der Waals surface area contributed by atoms with E-state index >= 15 is 0 Å². The summed E-state index contributed by atoms with van der Waals surface area (Å²) < 4.78 is 33.1. The summed E-state index contributed by atoms with van der Waals surface area (Å²) in [5.74, 6) is -0.0893. The number of benzene rings is 2. The minimum Gasteiger partial charge on any atom is -0.457 e. The minimum atomic E-state index is -3.58. The Morgan fingerprint density at radius 3 is 2.38 bits per heavy atom. The summed E-state index contributed by atoms with van der Waals surface area (Å²) in [5, 5.41) is 0. The number of nitrogens with zero attached hydrogens (tertiary/aromatic N) is 3. The van der Waals surface area contributed by atoms with E-state index in [1.807, 2.05) is 30.5 Å². The zero-order chi connectivity index (χ0) is 23.5. The molecule has 0 fully saturated rings. The highest BCUT2D eigenvalue weighted by Crippen LogP contribution is 2.22. The quantitative estimate of drug-likeness (QED) is 0.361. The van der Waals surface area contributed by atoms with Crippen molar-refractivity contribution >= 4 is 32.8 Å². The summed E-state index contributed by atoms with van der Waals surface area (Å²) >= 11 is 0. The highest BCUT2D eigenvalue weighted by Gasteiger charge is 2.20. The van der Waals surface area contributed by atoms with Crippen LogP contribution in [0.5, 0.6) is 0 Å². The molecule has 2 aromatic carbocycles. The van der Waals surface area contributed by atoms with Gasteiger partial charge in [-0.1, -0.05) is 29.8 Å². The monoisotopic (exact) mass is 457 g/mol. The molecule has 0 unspecified atom stereocenters. The first-order valence-electron chi connectivity index (χ1n) is 10.3. The van der Waals surface area contributed by atoms with Crippen LogP contribution >= 0.6 is 0 Å². The van der Waals surface area contributed by atoms with Crippen LogP contribution in [-0.2, 0) is 32.7 Å². The maximum atomic E-state index is 12.4. The van der Waals surface area contributed by atoms with E-state index in [0.29, 0.717) is 23.4 Å². The molecule has 0 aliphatic carbocycles. The van der Waals surface area contributed by atoms with Crippen molar-refractivity contribution < 1.29 is 22.7 Å². The number of fused-ring (bicyclic) bond motifs is 1. The summed E-state index contributed by atoms with van der Waals surface area (Å²) in [6, 6.07) is 12.0. The standard InChI is InChI=1S/C23H27N3O5S/c1-5-26-20-11-10-18(32(29,30)25(3)4)14-19(20)24-22(26)15-31-23(28)13-12-21(27)17-8-6-16(2)7-9-17/h6-11,14H,5,12-13,15H2,1-4H3. The van der Waals surface area contributed by atoms with Crippen molar-refractivity contribution in [2.45, 2.75) is 44.7 Å². The van der Waals surface area contributed by atoms with Gasteiger partial charge in [-0.05, 0) is 32.0 Å². The minimum absolute atomic E-state index is 0.0235. The van der Waals surface area contributed by atoms with Crippen LogP contribution in [0, 0.1) is 6.92 Å². The molecule has 0 spiro atoms. The maximum Gasteiger partial charge on any atom is 0.306 e. The molecule has 0 saturated heterocycles. The number of ether oxygens (including phenoxy) is 1. The Bertz CT molecular complexity index is 1240. The smallest absolute Gasteiger partial charge is 0.306 e. The van der Waals surface area contributed by atoms with Crippen LogP contribution in [0.4, 0.5) is 0 Å². The van der Waals surface area contributed by atoms with E-state index in [1.54, 1.807) is 18.2 Å². The third kappa shape index (κ3) is 5.05. The molecule has 9 heteroatoms. The molecule has 0 radical (unpaired) electrons. The Labute approximate surface area is 187 Å². The fourth-order valence-corrected chi connectivity index (χ4v) is 4.23. The lowest BCUT2D eigenvalue weighted by Crippen LogP contribution is -2.22. The van der Waals surface area contributed by atoms with Crippen molar-refractivity contribution in [3.8, 4) is 0 Å². The van der Waals surface area contributed by atoms with E-state index in [0.717, 1.165) is 15.4 Å². The Hall–Kier alpha value is -3.04. The van der Waals surface area contributed by atoms with Crippen LogP contribution < -0.4 is 0 Å². The van der Waals surface area contributed by atoms with E-state index in [-0.39, 0.29) is 30.1 Å². The second-order valence-corrected chi connectivity index (χ2v) is 9.81. The number of hydrogen-bond donors (Lipinski definition) is 0. The lowest BCUT2D eigenvalue weighted by Gasteiger charge is -2.11. The number of ketones is 1. The molecular formula is C23H27N3O5S. The van der Waals surface area contributed by atoms with Gasteiger partial charge in [0.2, 0.25) is 10.0 Å². The molecule has 170 valence electrons. The molecule has 1 heterocycles. The van der Waals surface area contributed by atoms with E-state index in [2.05, 4.69) is 4.98 Å². The summed E-state index contributed by atoms with van der Waals surface area (Å²) in [4.78, 5) is 29.0. The average Bonchev–Trinajstić information content (AvgIpc) is 3.13. The summed E-state index contributed by atoms with van der Waals surface area (Å²) in [7, 11) is -0.637. The van der Waals surface area contributed by atoms with Gasteiger partial charge in [0.25, 0.3) is 0 Å². The number of Topliss-reactive ketones (excluding diaryl/α,β-unsaturated/α-hetero) is 1. The summed E-state index contributed by atoms with van der Waals surface area (Å²) in [6.07, 6.45) is 0.0438. The molecule has 0 saturated carbocycles. The second-order valence-electron chi connectivity index (χ2n) is 7.66. The number of aryl methyl sites for hydroxylation is 2. The van der Waals surface area contributed by atoms with Crippen molar-refractivity contribution in [3.05, 3.63) is 59.4 Å². The molecule has 3 rings (SSSR count). The number of carbonyl (C=O) groups is 2. The molecule has 3 aromatic rings. The Kier molecular flexibility index (Phi) is 7.10. The average molecular weight is 458 g/mol. The highest BCUT2D eigenvalue weighted by atomic mass is 32.2. The third-order valence-corrected chi connectivity index (χ3v) is 7.00. The normalized spacial score (nSPS) is 11.8. The topological polar surface area (TPSA) is 98.6 Å². The molecule has 0 atom stereocenters. The zero-order valence-electron chi connectivity index (χ0n) is 18.7. The van der Waals surface area contributed by atoms with Crippen molar-refractivity contribution in [2.24, 2.45) is 0 Å². The molecule has 0 aliphatic heterocycles. The van der Waals surface area contributed by atoms with Gasteiger partial charge in [-0.25, -0.2) is 17.7 Å². The first-order chi connectivity index (χ1) is 15.1. The van der Waals surface area contributed by atoms with Gasteiger partial charge < -0.3 is 9.30 Å². The van der Waals surface area contributed by atoms with Gasteiger partial charge in [0.05, 0.1) is 22.3 Å². The molecule has 1 aromatic heterocycles. The van der Waals surface area contributed by atoms with Crippen LogP contribution in [0.1, 0.15) is 41.5 Å². The molecule has 0 N–H and O–H groups in total. The van der Waals surface area contributed by atoms with Crippen LogP contribution in [-0.4, -0.2) is 48.1 Å². The highest BCUT2D eigenvalue weighted by molar-refractivity contribution is 7.89. The van der Waals surface area contributed by atoms with E-state index in [1.165, 1.54) is 26.2 Å². The first kappa shape index (κ1) is 23.6. The number of rotatable bonds is 9. The zero-order valence-corrected chi connectivity index (χ0v) is 19.5. The summed E-state index contributed by atoms with van der Waals surface area (Å²) in [5.41, 5.74) is 2.90. The second kappa shape index (κ2) is 9.62. The summed E-state index contributed by atoms with van der Waals surface area (Å²) in [6.45, 7) is 4.39. The van der Waals surface area contributed by atoms with Gasteiger partial charge in [-0.2, -0.15) is 0 Å². The fraction of sp³-hybridized carbons (Fsp3) is 0.348. The number of sulfonamides is 1. The molecule has 0 bridgehead atoms. The molecular weight excluding hydrogens is 430 g/mol. The predicted molar refractivity (Wildman–Crippen MR) is 121 cm³/mol. The Morgan fingerprint density at radius 2 is 1.75 bits per heavy atom. The predicted octanol–water partition coefficient (Wildman–Crippen LogP) is 3.32. The van der Waals surface area contributed by atoms with E-state index < -0.39 is 16.0 Å². The van der Waals surface area contributed by atoms with Crippen LogP contribution in [0.25, 0.3) is 11.0 Å². The molecule has 32 heavy (non-hydrogen) atoms. The van der Waals surface area contributed by atoms with Gasteiger partial charge in [0.15, 0.2) is 5.78 Å². The molecule has 0 amide bonds. The van der Waals surface area contributed by atoms with Crippen molar-refractivity contribution in [2.75, 3.05) is 14.1 Å². The van der Waals surface area contributed by atoms with E-state index in [4.69, 9.17) is 4.74 Å². The Morgan fingerprint density at radius 1 is 1.06 bits per heavy atom. The number of aromatic nitrogens is 2. The number of carbonyl (C=O) groups excluding carboxylic acids is 2. The van der Waals surface area contributed by atoms with Crippen molar-refractivity contribution in [3.63, 3.8) is 0 Å². The fourth-order valence-electron chi connectivity index (χ4n) is 3.31. The van der Waals surface area contributed by atoms with Gasteiger partial charge in [0.1, 0.15) is 12.4 Å². The lowest BCUT2D eigenvalue weighted by atomic mass is 10.1. The van der Waals surface area contributed by atoms with Crippen LogP contribution in [0.2, 0.25) is 0 Å². The number of imidazole rings is 1. The van der Waals surface area contributed by atoms with Crippen molar-refractivity contribution in [1.29, 1.82) is 0 Å². The Balaban J connectivity index is 1.68. The third-order valence-electron chi connectivity index (χ3n) is 5.19. The number of esters is 1. The molecule has 8 nitrogen and oxygen atoms in total. The van der Waals surface area contributed by atoms with Gasteiger partial charge in [-0.3, -0.25) is 9.59 Å². The number of hydrogen-bond acceptors (Lipinski definition) is 6. The van der Waals surface area contributed by atoms with Gasteiger partial charge >= 0.3 is 5.97 Å². The van der Waals surface area contributed by atoms with Crippen LogP contribution in [0.15, 0.2) is 47.4 Å². The van der Waals surface area contributed by atoms with Gasteiger partial charge in [0, 0.05) is 32.6 Å². The van der Waals surface area contributed by atoms with Crippen LogP contribution in [0.3, 0.4) is 0 Å². The largest absolute Gasteiger partial charge is 0.457 e. The first-order valence-corrected chi connectivity index (χ1v) is 11.7. The lowest BCUT2D eigenvalue weighted by molar-refractivity contribution is -0.145.